The predicted octanol–water partition coefficient (Wildman–Crippen LogP) is 1.01. The van der Waals surface area contributed by atoms with E-state index < -0.39 is 17.3 Å². The highest BCUT2D eigenvalue weighted by Gasteiger charge is 2.19. The van der Waals surface area contributed by atoms with Gasteiger partial charge in [-0.3, -0.25) is 14.3 Å². The van der Waals surface area contributed by atoms with E-state index in [-0.39, 0.29) is 11.4 Å². The summed E-state index contributed by atoms with van der Waals surface area (Å²) in [6, 6.07) is 2.91. The molecule has 6 nitrogen and oxygen atoms in total. The fourth-order valence-corrected chi connectivity index (χ4v) is 1.91. The first-order chi connectivity index (χ1) is 8.56. The van der Waals surface area contributed by atoms with Gasteiger partial charge in [-0.1, -0.05) is 6.92 Å². The van der Waals surface area contributed by atoms with Crippen molar-refractivity contribution in [3.05, 3.63) is 50.6 Å². The number of furan rings is 1. The molecule has 1 atom stereocenters. The number of H-pyrrole nitrogens is 1. The molecule has 2 aromatic rings. The Labute approximate surface area is 103 Å². The van der Waals surface area contributed by atoms with Crippen LogP contribution in [0.1, 0.15) is 31.2 Å². The van der Waals surface area contributed by atoms with Crippen molar-refractivity contribution in [1.29, 1.82) is 0 Å². The van der Waals surface area contributed by atoms with Crippen LogP contribution >= 0.6 is 0 Å². The quantitative estimate of drug-likeness (QED) is 0.850. The predicted molar refractivity (Wildman–Crippen MR) is 64.9 cm³/mol. The minimum absolute atomic E-state index is 0.188. The molecule has 0 aliphatic carbocycles. The topological polar surface area (TPSA) is 88.2 Å². The maximum absolute atomic E-state index is 11.8. The van der Waals surface area contributed by atoms with Crippen LogP contribution in [0.25, 0.3) is 0 Å². The molecule has 18 heavy (non-hydrogen) atoms. The number of hydrogen-bond donors (Lipinski definition) is 2. The lowest BCUT2D eigenvalue weighted by Gasteiger charge is -2.15. The summed E-state index contributed by atoms with van der Waals surface area (Å²) in [6.45, 7) is 3.44. The number of aromatic amines is 1. The first-order valence-corrected chi connectivity index (χ1v) is 5.66. The Bertz CT molecular complexity index is 652. The number of rotatable bonds is 3. The van der Waals surface area contributed by atoms with Gasteiger partial charge in [-0.25, -0.2) is 4.79 Å². The Morgan fingerprint density at radius 2 is 2.22 bits per heavy atom. The van der Waals surface area contributed by atoms with E-state index in [0.29, 0.717) is 12.2 Å². The molecule has 1 unspecified atom stereocenters. The fraction of sp³-hybridized carbons (Fsp3) is 0.333. The molecule has 0 radical (unpaired) electrons. The maximum atomic E-state index is 11.8. The van der Waals surface area contributed by atoms with Crippen LogP contribution in [0.2, 0.25) is 0 Å². The summed E-state index contributed by atoms with van der Waals surface area (Å²) in [5.74, 6) is 0.219. The van der Waals surface area contributed by atoms with Crippen LogP contribution < -0.4 is 11.2 Å². The van der Waals surface area contributed by atoms with Gasteiger partial charge in [-0.05, 0) is 25.5 Å². The van der Waals surface area contributed by atoms with Crippen molar-refractivity contribution in [2.75, 3.05) is 0 Å². The SMILES string of the molecule is CCc1c(O)n(C(C)c2ccco2)c(=O)[nH]c1=O. The normalized spacial score (nSPS) is 12.6. The number of aromatic hydroxyl groups is 1. The molecule has 96 valence electrons. The Hall–Kier alpha value is -2.24. The number of nitrogens with zero attached hydrogens (tertiary/aromatic N) is 1. The largest absolute Gasteiger partial charge is 0.494 e. The standard InChI is InChI=1S/C12H14N2O4/c1-3-8-10(15)13-12(17)14(11(8)16)7(2)9-5-4-6-18-9/h4-7,16H,3H2,1-2H3,(H,13,15,17). The van der Waals surface area contributed by atoms with Gasteiger partial charge < -0.3 is 9.52 Å². The summed E-state index contributed by atoms with van der Waals surface area (Å²) >= 11 is 0. The molecule has 0 amide bonds. The highest BCUT2D eigenvalue weighted by molar-refractivity contribution is 5.24. The van der Waals surface area contributed by atoms with Gasteiger partial charge in [0, 0.05) is 0 Å². The van der Waals surface area contributed by atoms with Gasteiger partial charge in [0.15, 0.2) is 0 Å². The van der Waals surface area contributed by atoms with Crippen LogP contribution in [0, 0.1) is 0 Å². The fourth-order valence-electron chi connectivity index (χ4n) is 1.91. The minimum Gasteiger partial charge on any atom is -0.494 e. The highest BCUT2D eigenvalue weighted by Crippen LogP contribution is 2.22. The number of hydrogen-bond acceptors (Lipinski definition) is 4. The maximum Gasteiger partial charge on any atom is 0.331 e. The average Bonchev–Trinajstić information content (AvgIpc) is 2.81. The molecule has 2 heterocycles. The van der Waals surface area contributed by atoms with Gasteiger partial charge in [0.25, 0.3) is 5.56 Å². The first kappa shape index (κ1) is 12.2. The van der Waals surface area contributed by atoms with Crippen LogP contribution in [0.15, 0.2) is 32.4 Å². The zero-order valence-corrected chi connectivity index (χ0v) is 10.1. The van der Waals surface area contributed by atoms with Gasteiger partial charge in [0.1, 0.15) is 5.76 Å². The summed E-state index contributed by atoms with van der Waals surface area (Å²) in [4.78, 5) is 25.5. The number of aromatic nitrogens is 2. The van der Waals surface area contributed by atoms with Crippen molar-refractivity contribution in [1.82, 2.24) is 9.55 Å². The molecule has 0 aliphatic rings. The van der Waals surface area contributed by atoms with Crippen LogP contribution in [-0.4, -0.2) is 14.7 Å². The molecular weight excluding hydrogens is 236 g/mol. The summed E-state index contributed by atoms with van der Waals surface area (Å²) < 4.78 is 6.31. The molecule has 6 heteroatoms. The van der Waals surface area contributed by atoms with Crippen LogP contribution in [0.3, 0.4) is 0 Å². The van der Waals surface area contributed by atoms with E-state index in [0.717, 1.165) is 4.57 Å². The summed E-state index contributed by atoms with van der Waals surface area (Å²) in [5, 5.41) is 10.0. The molecule has 0 saturated carbocycles. The van der Waals surface area contributed by atoms with Crippen molar-refractivity contribution < 1.29 is 9.52 Å². The third-order valence-electron chi connectivity index (χ3n) is 2.91. The molecule has 0 aromatic carbocycles. The van der Waals surface area contributed by atoms with E-state index in [1.807, 2.05) is 0 Å². The molecule has 2 N–H and O–H groups in total. The van der Waals surface area contributed by atoms with E-state index in [1.54, 1.807) is 26.0 Å². The molecule has 0 fully saturated rings. The molecule has 0 aliphatic heterocycles. The van der Waals surface area contributed by atoms with Crippen molar-refractivity contribution in [3.63, 3.8) is 0 Å². The Morgan fingerprint density at radius 1 is 1.50 bits per heavy atom. The lowest BCUT2D eigenvalue weighted by Crippen LogP contribution is -2.33. The second kappa shape index (κ2) is 4.56. The lowest BCUT2D eigenvalue weighted by molar-refractivity contribution is 0.357. The second-order valence-electron chi connectivity index (χ2n) is 3.98. The third-order valence-corrected chi connectivity index (χ3v) is 2.91. The van der Waals surface area contributed by atoms with E-state index in [4.69, 9.17) is 4.42 Å². The van der Waals surface area contributed by atoms with Gasteiger partial charge in [-0.2, -0.15) is 0 Å². The molecular formula is C12H14N2O4. The van der Waals surface area contributed by atoms with Crippen LogP contribution in [0.4, 0.5) is 0 Å². The Balaban J connectivity index is 2.65. The van der Waals surface area contributed by atoms with Gasteiger partial charge >= 0.3 is 5.69 Å². The van der Waals surface area contributed by atoms with Crippen molar-refractivity contribution in [3.8, 4) is 5.88 Å². The van der Waals surface area contributed by atoms with Crippen LogP contribution in [-0.2, 0) is 6.42 Å². The summed E-state index contributed by atoms with van der Waals surface area (Å²) in [5.41, 5.74) is -1.02. The van der Waals surface area contributed by atoms with Gasteiger partial charge in [0.2, 0.25) is 5.88 Å². The molecule has 0 bridgehead atoms. The molecule has 2 aromatic heterocycles. The number of nitrogens with one attached hydrogen (secondary N) is 1. The van der Waals surface area contributed by atoms with E-state index in [2.05, 4.69) is 4.98 Å². The average molecular weight is 250 g/mol. The van der Waals surface area contributed by atoms with Crippen molar-refractivity contribution in [2.45, 2.75) is 26.3 Å². The molecule has 0 spiro atoms. The first-order valence-electron chi connectivity index (χ1n) is 5.66. The minimum atomic E-state index is -0.654. The van der Waals surface area contributed by atoms with Crippen molar-refractivity contribution in [2.24, 2.45) is 0 Å². The Kier molecular flexibility index (Phi) is 3.10. The summed E-state index contributed by atoms with van der Waals surface area (Å²) in [6.07, 6.45) is 1.83. The van der Waals surface area contributed by atoms with Gasteiger partial charge in [-0.15, -0.1) is 0 Å². The molecule has 2 rings (SSSR count). The zero-order valence-electron chi connectivity index (χ0n) is 10.1. The Morgan fingerprint density at radius 3 is 2.78 bits per heavy atom. The van der Waals surface area contributed by atoms with E-state index in [9.17, 15) is 14.7 Å². The summed E-state index contributed by atoms with van der Waals surface area (Å²) in [7, 11) is 0. The van der Waals surface area contributed by atoms with Gasteiger partial charge in [0.05, 0.1) is 17.9 Å². The highest BCUT2D eigenvalue weighted by atomic mass is 16.3. The van der Waals surface area contributed by atoms with Crippen LogP contribution in [0.5, 0.6) is 5.88 Å². The smallest absolute Gasteiger partial charge is 0.331 e. The lowest BCUT2D eigenvalue weighted by atomic mass is 10.2. The second-order valence-corrected chi connectivity index (χ2v) is 3.98. The third kappa shape index (κ3) is 1.85. The zero-order chi connectivity index (χ0) is 13.3. The van der Waals surface area contributed by atoms with E-state index in [1.165, 1.54) is 6.26 Å². The van der Waals surface area contributed by atoms with E-state index >= 15 is 0 Å². The molecule has 0 saturated heterocycles. The van der Waals surface area contributed by atoms with Crippen molar-refractivity contribution >= 4 is 0 Å². The monoisotopic (exact) mass is 250 g/mol.